The molecule has 1 aliphatic rings. The summed E-state index contributed by atoms with van der Waals surface area (Å²) in [6, 6.07) is 16.0. The van der Waals surface area contributed by atoms with Crippen molar-refractivity contribution < 1.29 is 47.7 Å². The van der Waals surface area contributed by atoms with Gasteiger partial charge in [-0.25, -0.2) is 14.4 Å². The largest absolute Gasteiger partial charge is 0.469 e. The molecule has 14 nitrogen and oxygen atoms in total. The van der Waals surface area contributed by atoms with Crippen molar-refractivity contribution in [2.24, 2.45) is 4.99 Å². The normalized spacial score (nSPS) is 13.8. The van der Waals surface area contributed by atoms with Crippen molar-refractivity contribution in [3.8, 4) is 0 Å². The molecule has 1 N–H and O–H groups in total. The van der Waals surface area contributed by atoms with Crippen LogP contribution in [0, 0.1) is 0 Å². The second-order valence-electron chi connectivity index (χ2n) is 16.4. The summed E-state index contributed by atoms with van der Waals surface area (Å²) in [6.45, 7) is 15.3. The predicted molar refractivity (Wildman–Crippen MR) is 214 cm³/mol. The van der Waals surface area contributed by atoms with E-state index < -0.39 is 52.9 Å². The van der Waals surface area contributed by atoms with Crippen LogP contribution in [-0.2, 0) is 54.3 Å². The molecular formula is C42H52N4O10S. The molecule has 3 aromatic rings. The molecule has 15 heteroatoms. The number of nitrogens with zero attached hydrogens (tertiary/aromatic N) is 3. The lowest BCUT2D eigenvalue weighted by molar-refractivity contribution is -0.139. The fourth-order valence-electron chi connectivity index (χ4n) is 5.64. The molecule has 0 bridgehead atoms. The van der Waals surface area contributed by atoms with Crippen molar-refractivity contribution in [1.82, 2.24) is 15.1 Å². The van der Waals surface area contributed by atoms with E-state index in [1.54, 1.807) is 67.2 Å². The smallest absolute Gasteiger partial charge is 0.436 e. The number of benzene rings is 2. The van der Waals surface area contributed by atoms with Crippen LogP contribution >= 0.6 is 11.3 Å². The highest BCUT2D eigenvalue weighted by Gasteiger charge is 2.37. The Morgan fingerprint density at radius 1 is 0.807 bits per heavy atom. The Kier molecular flexibility index (Phi) is 14.0. The molecule has 57 heavy (non-hydrogen) atoms. The van der Waals surface area contributed by atoms with E-state index in [0.29, 0.717) is 24.4 Å². The van der Waals surface area contributed by atoms with Gasteiger partial charge in [0.15, 0.2) is 5.84 Å². The minimum Gasteiger partial charge on any atom is -0.469 e. The number of methoxy groups -OCH3 is 1. The minimum atomic E-state index is -1.16. The number of thiophene rings is 1. The van der Waals surface area contributed by atoms with Crippen LogP contribution < -0.4 is 5.32 Å². The number of amidine groups is 1. The van der Waals surface area contributed by atoms with Gasteiger partial charge in [0, 0.05) is 40.4 Å². The van der Waals surface area contributed by atoms with Gasteiger partial charge in [0.25, 0.3) is 5.91 Å². The average molecular weight is 805 g/mol. The van der Waals surface area contributed by atoms with Crippen LogP contribution in [0.25, 0.3) is 0 Å². The quantitative estimate of drug-likeness (QED) is 0.106. The lowest BCUT2D eigenvalue weighted by atomic mass is 10.0. The standard InChI is InChI=1S/C42H52N4O10S/c1-40(2,3)54-37(50)44-34(46(38(51)55-41(4,5)6)39(52)56-42(7,8)9)27-16-18-28(19-17-27)35(48)43-31(22-26-14-12-11-13-15-26)36(49)45-21-20-32-29(25-45)23-30(57-32)24-33(47)53-10/h11-19,23,31H,20-22,24-25H2,1-10H3,(H,43,48)/t31-/m0/s1. The van der Waals surface area contributed by atoms with Crippen LogP contribution in [0.2, 0.25) is 0 Å². The summed E-state index contributed by atoms with van der Waals surface area (Å²) in [4.78, 5) is 88.3. The van der Waals surface area contributed by atoms with E-state index >= 15 is 0 Å². The molecule has 0 aliphatic carbocycles. The number of rotatable bonds is 8. The molecule has 1 aliphatic heterocycles. The lowest BCUT2D eigenvalue weighted by Gasteiger charge is -2.31. The number of carbonyl (C=O) groups is 6. The van der Waals surface area contributed by atoms with Crippen LogP contribution in [0.15, 0.2) is 65.7 Å². The van der Waals surface area contributed by atoms with Crippen LogP contribution in [0.5, 0.6) is 0 Å². The molecule has 1 aromatic heterocycles. The highest BCUT2D eigenvalue weighted by molar-refractivity contribution is 7.12. The number of hydrogen-bond acceptors (Lipinski definition) is 11. The van der Waals surface area contributed by atoms with Crippen LogP contribution in [0.4, 0.5) is 14.4 Å². The topological polar surface area (TPSA) is 170 Å². The Morgan fingerprint density at radius 3 is 1.91 bits per heavy atom. The van der Waals surface area contributed by atoms with Gasteiger partial charge < -0.3 is 29.2 Å². The zero-order chi connectivity index (χ0) is 42.3. The molecule has 2 aromatic carbocycles. The first-order valence-electron chi connectivity index (χ1n) is 18.5. The summed E-state index contributed by atoms with van der Waals surface area (Å²) in [5.41, 5.74) is -1.03. The number of nitrogens with one attached hydrogen (secondary N) is 1. The molecule has 1 atom stereocenters. The van der Waals surface area contributed by atoms with E-state index in [1.165, 1.54) is 42.7 Å². The molecule has 0 fully saturated rings. The van der Waals surface area contributed by atoms with Gasteiger partial charge >= 0.3 is 24.2 Å². The van der Waals surface area contributed by atoms with Crippen molar-refractivity contribution in [2.45, 2.75) is 111 Å². The van der Waals surface area contributed by atoms with Crippen LogP contribution in [-0.4, -0.2) is 88.2 Å². The van der Waals surface area contributed by atoms with Gasteiger partial charge in [0.05, 0.1) is 13.5 Å². The summed E-state index contributed by atoms with van der Waals surface area (Å²) in [7, 11) is 1.34. The average Bonchev–Trinajstić information content (AvgIpc) is 3.50. The first kappa shape index (κ1) is 44.1. The lowest BCUT2D eigenvalue weighted by Crippen LogP contribution is -2.50. The Labute approximate surface area is 337 Å². The van der Waals surface area contributed by atoms with E-state index in [-0.39, 0.29) is 35.8 Å². The Hall–Kier alpha value is -5.57. The van der Waals surface area contributed by atoms with Crippen molar-refractivity contribution in [2.75, 3.05) is 13.7 Å². The fraction of sp³-hybridized carbons (Fsp3) is 0.452. The number of imide groups is 1. The summed E-state index contributed by atoms with van der Waals surface area (Å²) in [5.74, 6) is -1.63. The van der Waals surface area contributed by atoms with Gasteiger partial charge in [-0.1, -0.05) is 42.5 Å². The predicted octanol–water partition coefficient (Wildman–Crippen LogP) is 7.24. The molecule has 2 heterocycles. The molecule has 306 valence electrons. The van der Waals surface area contributed by atoms with Gasteiger partial charge in [0.1, 0.15) is 22.8 Å². The number of carbonyl (C=O) groups excluding carboxylic acids is 6. The van der Waals surface area contributed by atoms with Gasteiger partial charge in [-0.05, 0) is 98.1 Å². The summed E-state index contributed by atoms with van der Waals surface area (Å²) >= 11 is 1.53. The van der Waals surface area contributed by atoms with Gasteiger partial charge in [-0.15, -0.1) is 11.3 Å². The molecule has 0 unspecified atom stereocenters. The van der Waals surface area contributed by atoms with E-state index in [1.807, 2.05) is 36.4 Å². The summed E-state index contributed by atoms with van der Waals surface area (Å²) < 4.78 is 21.3. The third-order valence-corrected chi connectivity index (χ3v) is 9.26. The van der Waals surface area contributed by atoms with E-state index in [0.717, 1.165) is 20.9 Å². The van der Waals surface area contributed by atoms with Crippen molar-refractivity contribution in [3.63, 3.8) is 0 Å². The number of fused-ring (bicyclic) bond motifs is 1. The number of aliphatic imine (C=N–C) groups is 1. The molecule has 5 amide bonds. The third kappa shape index (κ3) is 13.3. The minimum absolute atomic E-state index is 0.0810. The zero-order valence-electron chi connectivity index (χ0n) is 34.2. The zero-order valence-corrected chi connectivity index (χ0v) is 35.0. The number of amides is 5. The van der Waals surface area contributed by atoms with Crippen molar-refractivity contribution in [1.29, 1.82) is 0 Å². The molecule has 0 spiro atoms. The van der Waals surface area contributed by atoms with Gasteiger partial charge in [-0.2, -0.15) is 9.89 Å². The Bertz CT molecular complexity index is 1960. The van der Waals surface area contributed by atoms with E-state index in [9.17, 15) is 28.8 Å². The summed E-state index contributed by atoms with van der Waals surface area (Å²) in [5, 5.41) is 2.91. The van der Waals surface area contributed by atoms with Crippen LogP contribution in [0.1, 0.15) is 99.1 Å². The molecule has 0 saturated heterocycles. The highest BCUT2D eigenvalue weighted by Crippen LogP contribution is 2.29. The van der Waals surface area contributed by atoms with Gasteiger partial charge in [0.2, 0.25) is 5.91 Å². The fourth-order valence-corrected chi connectivity index (χ4v) is 6.80. The summed E-state index contributed by atoms with van der Waals surface area (Å²) in [6.07, 6.45) is -2.42. The van der Waals surface area contributed by atoms with E-state index in [4.69, 9.17) is 18.9 Å². The number of ether oxygens (including phenoxy) is 4. The Balaban J connectivity index is 1.65. The maximum absolute atomic E-state index is 14.1. The molecule has 0 saturated carbocycles. The van der Waals surface area contributed by atoms with Crippen molar-refractivity contribution >= 4 is 53.2 Å². The maximum Gasteiger partial charge on any atom is 0.436 e. The van der Waals surface area contributed by atoms with Crippen LogP contribution in [0.3, 0.4) is 0 Å². The number of hydrogen-bond donors (Lipinski definition) is 1. The SMILES string of the molecule is COC(=O)Cc1cc2c(s1)CCN(C(=O)[C@H](Cc1ccccc1)NC(=O)c1ccc(C(=NC(=O)OC(C)(C)C)N(C(=O)OC(C)(C)C)C(=O)OC(C)(C)C)cc1)C2. The first-order valence-corrected chi connectivity index (χ1v) is 19.3. The molecular weight excluding hydrogens is 753 g/mol. The molecule has 4 rings (SSSR count). The highest BCUT2D eigenvalue weighted by atomic mass is 32.1. The maximum atomic E-state index is 14.1. The Morgan fingerprint density at radius 2 is 1.37 bits per heavy atom. The number of esters is 1. The van der Waals surface area contributed by atoms with Gasteiger partial charge in [-0.3, -0.25) is 14.4 Å². The first-order chi connectivity index (χ1) is 26.5. The second-order valence-corrected chi connectivity index (χ2v) is 17.7. The monoisotopic (exact) mass is 804 g/mol. The van der Waals surface area contributed by atoms with Crippen molar-refractivity contribution in [3.05, 3.63) is 92.7 Å². The second kappa shape index (κ2) is 18.1. The third-order valence-electron chi connectivity index (χ3n) is 8.02. The molecule has 0 radical (unpaired) electrons. The van der Waals surface area contributed by atoms with E-state index in [2.05, 4.69) is 10.3 Å².